The summed E-state index contributed by atoms with van der Waals surface area (Å²) >= 11 is 0. The maximum absolute atomic E-state index is 14.1. The van der Waals surface area contributed by atoms with Gasteiger partial charge in [-0.2, -0.15) is 0 Å². The minimum absolute atomic E-state index is 0.00141. The number of piperazine rings is 1. The highest BCUT2D eigenvalue weighted by Gasteiger charge is 2.32. The summed E-state index contributed by atoms with van der Waals surface area (Å²) in [6.45, 7) is 12.8. The molecule has 1 aliphatic rings. The summed E-state index contributed by atoms with van der Waals surface area (Å²) in [6, 6.07) is 8.46. The quantitative estimate of drug-likeness (QED) is 0.600. The number of aromatic nitrogens is 2. The van der Waals surface area contributed by atoms with Crippen molar-refractivity contribution in [3.8, 4) is 0 Å². The van der Waals surface area contributed by atoms with E-state index in [0.29, 0.717) is 41.9 Å². The lowest BCUT2D eigenvalue weighted by Gasteiger charge is -2.45. The van der Waals surface area contributed by atoms with E-state index in [4.69, 9.17) is 6.57 Å². The minimum atomic E-state index is -0.455. The first-order chi connectivity index (χ1) is 14.8. The number of nitrogens with zero attached hydrogens (tertiary/aromatic N) is 5. The number of anilines is 1. The normalized spacial score (nSPS) is 19.5. The second kappa shape index (κ2) is 8.08. The summed E-state index contributed by atoms with van der Waals surface area (Å²) in [5.41, 5.74) is 2.15. The maximum Gasteiger partial charge on any atom is 0.270 e. The highest BCUT2D eigenvalue weighted by molar-refractivity contribution is 5.89. The van der Waals surface area contributed by atoms with Gasteiger partial charge in [0.15, 0.2) is 0 Å². The molecule has 0 amide bonds. The van der Waals surface area contributed by atoms with Crippen LogP contribution in [0.5, 0.6) is 0 Å². The lowest BCUT2D eigenvalue weighted by atomic mass is 10.0. The van der Waals surface area contributed by atoms with Crippen LogP contribution < -0.4 is 10.5 Å². The van der Waals surface area contributed by atoms with Crippen molar-refractivity contribution in [1.29, 1.82) is 0 Å². The van der Waals surface area contributed by atoms with Crippen molar-refractivity contribution in [2.75, 3.05) is 18.0 Å². The Balaban J connectivity index is 1.68. The first-order valence-electron chi connectivity index (χ1n) is 10.1. The average Bonchev–Trinajstić information content (AvgIpc) is 2.75. The number of fused-ring (bicyclic) bond motifs is 1. The summed E-state index contributed by atoms with van der Waals surface area (Å²) < 4.78 is 29.3. The molecule has 0 saturated carbocycles. The van der Waals surface area contributed by atoms with Gasteiger partial charge < -0.3 is 14.3 Å². The first-order valence-corrected chi connectivity index (χ1v) is 10.1. The Morgan fingerprint density at radius 2 is 1.90 bits per heavy atom. The molecule has 0 radical (unpaired) electrons. The van der Waals surface area contributed by atoms with Crippen molar-refractivity contribution in [2.45, 2.75) is 32.5 Å². The van der Waals surface area contributed by atoms with Gasteiger partial charge in [-0.15, -0.1) is 4.98 Å². The Morgan fingerprint density at radius 1 is 1.13 bits per heavy atom. The smallest absolute Gasteiger partial charge is 0.270 e. The van der Waals surface area contributed by atoms with Crippen molar-refractivity contribution in [3.63, 3.8) is 0 Å². The molecule has 0 bridgehead atoms. The summed E-state index contributed by atoms with van der Waals surface area (Å²) in [7, 11) is 1.69. The third-order valence-corrected chi connectivity index (χ3v) is 5.97. The van der Waals surface area contributed by atoms with Gasteiger partial charge in [0.05, 0.1) is 11.2 Å². The number of hydrogen-bond donors (Lipinski definition) is 0. The molecule has 6 nitrogen and oxygen atoms in total. The average molecular weight is 423 g/mol. The van der Waals surface area contributed by atoms with Gasteiger partial charge in [0.1, 0.15) is 11.6 Å². The standard InChI is InChI=1S/C23H23F2N5O/c1-14-12-30(15(2)11-29(14)13-16-9-17(24)5-6-18(16)25)20-10-22(31)28(4)19-7-8-21(26-3)27-23(19)20/h5-10,14-15H,11-13H2,1-2,4H3/t14-,15+/m1/s1. The highest BCUT2D eigenvalue weighted by Crippen LogP contribution is 2.30. The molecule has 1 aliphatic heterocycles. The zero-order chi connectivity index (χ0) is 22.3. The molecule has 0 N–H and O–H groups in total. The third-order valence-electron chi connectivity index (χ3n) is 5.97. The fourth-order valence-electron chi connectivity index (χ4n) is 4.22. The van der Waals surface area contributed by atoms with Gasteiger partial charge in [0.25, 0.3) is 11.4 Å². The number of pyridine rings is 2. The van der Waals surface area contributed by atoms with Crippen LogP contribution in [0.1, 0.15) is 19.4 Å². The molecule has 3 aromatic rings. The second-order valence-corrected chi connectivity index (χ2v) is 8.09. The molecule has 2 atom stereocenters. The number of rotatable bonds is 3. The van der Waals surface area contributed by atoms with Gasteiger partial charge in [-0.3, -0.25) is 9.69 Å². The Labute approximate surface area is 179 Å². The Hall–Kier alpha value is -3.31. The van der Waals surface area contributed by atoms with Crippen LogP contribution in [-0.2, 0) is 13.6 Å². The van der Waals surface area contributed by atoms with E-state index in [1.165, 1.54) is 10.6 Å². The highest BCUT2D eigenvalue weighted by atomic mass is 19.1. The van der Waals surface area contributed by atoms with Crippen molar-refractivity contribution in [2.24, 2.45) is 7.05 Å². The van der Waals surface area contributed by atoms with Crippen LogP contribution in [0, 0.1) is 18.2 Å². The molecule has 3 heterocycles. The predicted molar refractivity (Wildman–Crippen MR) is 116 cm³/mol. The van der Waals surface area contributed by atoms with Crippen LogP contribution in [0.25, 0.3) is 15.9 Å². The molecule has 160 valence electrons. The number of aryl methyl sites for hydroxylation is 1. The number of halogens is 2. The SMILES string of the molecule is [C-]#[N+]c1ccc2c(n1)c(N1C[C@@H](C)N(Cc3cc(F)ccc3F)C[C@@H]1C)cc(=O)n2C. The molecule has 1 saturated heterocycles. The number of hydrogen-bond acceptors (Lipinski definition) is 4. The van der Waals surface area contributed by atoms with Gasteiger partial charge in [0, 0.05) is 50.4 Å². The molecular weight excluding hydrogens is 400 g/mol. The fraction of sp³-hybridized carbons (Fsp3) is 0.348. The Kier molecular flexibility index (Phi) is 5.46. The van der Waals surface area contributed by atoms with Crippen LogP contribution >= 0.6 is 0 Å². The third kappa shape index (κ3) is 3.89. The van der Waals surface area contributed by atoms with E-state index in [9.17, 15) is 13.6 Å². The van der Waals surface area contributed by atoms with E-state index in [1.54, 1.807) is 25.2 Å². The van der Waals surface area contributed by atoms with Gasteiger partial charge >= 0.3 is 0 Å². The minimum Gasteiger partial charge on any atom is -0.362 e. The largest absolute Gasteiger partial charge is 0.362 e. The molecule has 31 heavy (non-hydrogen) atoms. The summed E-state index contributed by atoms with van der Waals surface area (Å²) in [4.78, 5) is 24.7. The summed E-state index contributed by atoms with van der Waals surface area (Å²) in [5.74, 6) is -0.602. The van der Waals surface area contributed by atoms with Gasteiger partial charge in [0.2, 0.25) is 5.52 Å². The van der Waals surface area contributed by atoms with Crippen LogP contribution in [0.2, 0.25) is 0 Å². The predicted octanol–water partition coefficient (Wildman–Crippen LogP) is 3.86. The first kappa shape index (κ1) is 20.9. The monoisotopic (exact) mass is 423 g/mol. The Morgan fingerprint density at radius 3 is 2.65 bits per heavy atom. The molecule has 2 aromatic heterocycles. The van der Waals surface area contributed by atoms with E-state index in [0.717, 1.165) is 12.1 Å². The van der Waals surface area contributed by atoms with Crippen molar-refractivity contribution >= 4 is 22.5 Å². The van der Waals surface area contributed by atoms with E-state index < -0.39 is 11.6 Å². The van der Waals surface area contributed by atoms with E-state index in [2.05, 4.69) is 19.6 Å². The molecule has 0 spiro atoms. The lowest BCUT2D eigenvalue weighted by Crippen LogP contribution is -2.56. The van der Waals surface area contributed by atoms with E-state index in [-0.39, 0.29) is 23.5 Å². The molecule has 8 heteroatoms. The van der Waals surface area contributed by atoms with Gasteiger partial charge in [-0.05, 0) is 44.2 Å². The van der Waals surface area contributed by atoms with E-state index in [1.807, 2.05) is 13.8 Å². The second-order valence-electron chi connectivity index (χ2n) is 8.09. The molecule has 1 aromatic carbocycles. The van der Waals surface area contributed by atoms with Crippen molar-refractivity contribution in [3.05, 3.63) is 75.4 Å². The van der Waals surface area contributed by atoms with Crippen LogP contribution in [0.4, 0.5) is 20.3 Å². The van der Waals surface area contributed by atoms with Gasteiger partial charge in [-0.1, -0.05) is 6.57 Å². The molecular formula is C23H23F2N5O. The molecule has 0 unspecified atom stereocenters. The summed E-state index contributed by atoms with van der Waals surface area (Å²) in [6.07, 6.45) is 0. The Bertz CT molecular complexity index is 1250. The molecule has 1 fully saturated rings. The molecule has 0 aliphatic carbocycles. The van der Waals surface area contributed by atoms with Crippen LogP contribution in [-0.4, -0.2) is 39.6 Å². The van der Waals surface area contributed by atoms with Crippen molar-refractivity contribution < 1.29 is 8.78 Å². The van der Waals surface area contributed by atoms with Crippen LogP contribution in [0.3, 0.4) is 0 Å². The maximum atomic E-state index is 14.1. The lowest BCUT2D eigenvalue weighted by molar-refractivity contribution is 0.156. The summed E-state index contributed by atoms with van der Waals surface area (Å²) in [5, 5.41) is 0. The van der Waals surface area contributed by atoms with Gasteiger partial charge in [-0.25, -0.2) is 8.78 Å². The zero-order valence-corrected chi connectivity index (χ0v) is 17.6. The van der Waals surface area contributed by atoms with Crippen LogP contribution in [0.15, 0.2) is 41.2 Å². The fourth-order valence-corrected chi connectivity index (χ4v) is 4.22. The number of benzene rings is 1. The van der Waals surface area contributed by atoms with Crippen molar-refractivity contribution in [1.82, 2.24) is 14.5 Å². The van der Waals surface area contributed by atoms with E-state index >= 15 is 0 Å². The topological polar surface area (TPSA) is 45.7 Å². The zero-order valence-electron chi connectivity index (χ0n) is 17.6. The molecule has 4 rings (SSSR count).